The van der Waals surface area contributed by atoms with Gasteiger partial charge in [-0.25, -0.2) is 4.79 Å². The van der Waals surface area contributed by atoms with Crippen LogP contribution in [0.2, 0.25) is 0 Å². The molecule has 1 atom stereocenters. The molecule has 1 N–H and O–H groups in total. The lowest BCUT2D eigenvalue weighted by atomic mass is 10.1. The Labute approximate surface area is 109 Å². The van der Waals surface area contributed by atoms with Crippen LogP contribution in [0.15, 0.2) is 10.5 Å². The molecule has 1 heterocycles. The van der Waals surface area contributed by atoms with Crippen LogP contribution < -0.4 is 0 Å². The third-order valence-corrected chi connectivity index (χ3v) is 3.29. The molecule has 0 spiro atoms. The number of carboxylic acids is 1. The van der Waals surface area contributed by atoms with E-state index < -0.39 is 5.97 Å². The number of carbonyl (C=O) groups is 1. The molecule has 0 aliphatic carbocycles. The minimum atomic E-state index is -0.924. The molecule has 0 amide bonds. The molecule has 0 bridgehead atoms. The molecule has 0 aliphatic rings. The van der Waals surface area contributed by atoms with Gasteiger partial charge in [-0.05, 0) is 25.5 Å². The Hall–Kier alpha value is -1.29. The maximum atomic E-state index is 10.9. The molecule has 1 aromatic rings. The van der Waals surface area contributed by atoms with Crippen LogP contribution in [0.3, 0.4) is 0 Å². The lowest BCUT2D eigenvalue weighted by Gasteiger charge is -2.22. The third-order valence-electron chi connectivity index (χ3n) is 3.29. The van der Waals surface area contributed by atoms with Gasteiger partial charge in [0.05, 0.1) is 6.54 Å². The molecule has 4 heteroatoms. The normalized spacial score (nSPS) is 12.9. The number of furan rings is 1. The Balaban J connectivity index is 2.70. The van der Waals surface area contributed by atoms with E-state index in [0.29, 0.717) is 18.2 Å². The zero-order chi connectivity index (χ0) is 13.7. The maximum Gasteiger partial charge on any atom is 0.339 e. The second kappa shape index (κ2) is 6.59. The van der Waals surface area contributed by atoms with Gasteiger partial charge in [0.2, 0.25) is 0 Å². The van der Waals surface area contributed by atoms with Crippen LogP contribution in [0.25, 0.3) is 0 Å². The van der Waals surface area contributed by atoms with Crippen molar-refractivity contribution in [3.05, 3.63) is 23.2 Å². The summed E-state index contributed by atoms with van der Waals surface area (Å²) in [6, 6.07) is 1.64. The SMILES string of the molecule is CCC(C)CN(CC)Cc1cc(C(=O)O)c(C)o1. The van der Waals surface area contributed by atoms with E-state index >= 15 is 0 Å². The highest BCUT2D eigenvalue weighted by molar-refractivity contribution is 5.88. The van der Waals surface area contributed by atoms with Gasteiger partial charge >= 0.3 is 5.97 Å². The lowest BCUT2D eigenvalue weighted by Crippen LogP contribution is -2.27. The predicted molar refractivity (Wildman–Crippen MR) is 70.8 cm³/mol. The zero-order valence-electron chi connectivity index (χ0n) is 11.7. The number of hydrogen-bond donors (Lipinski definition) is 1. The van der Waals surface area contributed by atoms with Gasteiger partial charge < -0.3 is 9.52 Å². The van der Waals surface area contributed by atoms with Crippen LogP contribution in [0.4, 0.5) is 0 Å². The molecule has 1 aromatic heterocycles. The molecule has 1 rings (SSSR count). The van der Waals surface area contributed by atoms with Crippen molar-refractivity contribution in [3.8, 4) is 0 Å². The Morgan fingerprint density at radius 1 is 1.50 bits per heavy atom. The molecule has 0 aromatic carbocycles. The summed E-state index contributed by atoms with van der Waals surface area (Å²) in [7, 11) is 0. The lowest BCUT2D eigenvalue weighted by molar-refractivity contribution is 0.0695. The molecular formula is C14H23NO3. The van der Waals surface area contributed by atoms with Gasteiger partial charge in [-0.15, -0.1) is 0 Å². The summed E-state index contributed by atoms with van der Waals surface area (Å²) < 4.78 is 5.50. The van der Waals surface area contributed by atoms with Crippen molar-refractivity contribution in [1.29, 1.82) is 0 Å². The number of nitrogens with zero attached hydrogens (tertiary/aromatic N) is 1. The van der Waals surface area contributed by atoms with Crippen molar-refractivity contribution in [3.63, 3.8) is 0 Å². The highest BCUT2D eigenvalue weighted by Gasteiger charge is 2.16. The first-order valence-corrected chi connectivity index (χ1v) is 6.52. The minimum absolute atomic E-state index is 0.268. The van der Waals surface area contributed by atoms with Gasteiger partial charge in [0.1, 0.15) is 17.1 Å². The van der Waals surface area contributed by atoms with E-state index in [1.165, 1.54) is 0 Å². The van der Waals surface area contributed by atoms with Gasteiger partial charge in [0.15, 0.2) is 0 Å². The molecule has 18 heavy (non-hydrogen) atoms. The summed E-state index contributed by atoms with van der Waals surface area (Å²) in [6.45, 7) is 10.8. The molecule has 0 aliphatic heterocycles. The maximum absolute atomic E-state index is 10.9. The average molecular weight is 253 g/mol. The molecule has 0 fully saturated rings. The summed E-state index contributed by atoms with van der Waals surface area (Å²) in [5.41, 5.74) is 0.268. The first-order chi connectivity index (χ1) is 8.47. The molecular weight excluding hydrogens is 230 g/mol. The van der Waals surface area contributed by atoms with Crippen molar-refractivity contribution in [1.82, 2.24) is 4.90 Å². The van der Waals surface area contributed by atoms with Gasteiger partial charge in [0.25, 0.3) is 0 Å². The summed E-state index contributed by atoms with van der Waals surface area (Å²) in [6.07, 6.45) is 1.15. The third kappa shape index (κ3) is 3.88. The van der Waals surface area contributed by atoms with E-state index in [-0.39, 0.29) is 5.56 Å². The summed E-state index contributed by atoms with van der Waals surface area (Å²) in [5.74, 6) is 0.930. The largest absolute Gasteiger partial charge is 0.478 e. The van der Waals surface area contributed by atoms with Crippen molar-refractivity contribution in [2.24, 2.45) is 5.92 Å². The predicted octanol–water partition coefficient (Wildman–Crippen LogP) is 3.15. The number of aromatic carboxylic acids is 1. The second-order valence-electron chi connectivity index (χ2n) is 4.83. The van der Waals surface area contributed by atoms with E-state index in [0.717, 1.165) is 25.3 Å². The highest BCUT2D eigenvalue weighted by Crippen LogP contribution is 2.17. The quantitative estimate of drug-likeness (QED) is 0.811. The number of carboxylic acid groups (broad SMARTS) is 1. The van der Waals surface area contributed by atoms with Crippen molar-refractivity contribution in [2.45, 2.75) is 40.7 Å². The van der Waals surface area contributed by atoms with Crippen LogP contribution in [0.5, 0.6) is 0 Å². The van der Waals surface area contributed by atoms with Crippen LogP contribution in [-0.4, -0.2) is 29.1 Å². The summed E-state index contributed by atoms with van der Waals surface area (Å²) in [5, 5.41) is 8.98. The Morgan fingerprint density at radius 2 is 2.17 bits per heavy atom. The highest BCUT2D eigenvalue weighted by atomic mass is 16.4. The molecule has 0 radical (unpaired) electrons. The standard InChI is InChI=1S/C14H23NO3/c1-5-10(3)8-15(6-2)9-12-7-13(14(16)17)11(4)18-12/h7,10H,5-6,8-9H2,1-4H3,(H,16,17). The fourth-order valence-corrected chi connectivity index (χ4v) is 1.93. The van der Waals surface area contributed by atoms with Gasteiger partial charge in [-0.1, -0.05) is 27.2 Å². The summed E-state index contributed by atoms with van der Waals surface area (Å²) >= 11 is 0. The van der Waals surface area contributed by atoms with E-state index in [1.807, 2.05) is 0 Å². The first-order valence-electron chi connectivity index (χ1n) is 6.52. The zero-order valence-corrected chi connectivity index (χ0v) is 11.7. The second-order valence-corrected chi connectivity index (χ2v) is 4.83. The van der Waals surface area contributed by atoms with Crippen molar-refractivity contribution >= 4 is 5.97 Å². The van der Waals surface area contributed by atoms with Gasteiger partial charge in [-0.3, -0.25) is 4.90 Å². The molecule has 4 nitrogen and oxygen atoms in total. The van der Waals surface area contributed by atoms with Crippen LogP contribution >= 0.6 is 0 Å². The number of aryl methyl sites for hydroxylation is 1. The Kier molecular flexibility index (Phi) is 5.41. The fourth-order valence-electron chi connectivity index (χ4n) is 1.93. The molecule has 0 saturated carbocycles. The van der Waals surface area contributed by atoms with Gasteiger partial charge in [0, 0.05) is 6.54 Å². The van der Waals surface area contributed by atoms with Crippen LogP contribution in [0, 0.1) is 12.8 Å². The van der Waals surface area contributed by atoms with E-state index in [9.17, 15) is 4.79 Å². The monoisotopic (exact) mass is 253 g/mol. The van der Waals surface area contributed by atoms with E-state index in [1.54, 1.807) is 13.0 Å². The fraction of sp³-hybridized carbons (Fsp3) is 0.643. The van der Waals surface area contributed by atoms with Crippen molar-refractivity contribution < 1.29 is 14.3 Å². The topological polar surface area (TPSA) is 53.7 Å². The number of hydrogen-bond acceptors (Lipinski definition) is 3. The summed E-state index contributed by atoms with van der Waals surface area (Å²) in [4.78, 5) is 13.2. The van der Waals surface area contributed by atoms with E-state index in [2.05, 4.69) is 25.7 Å². The minimum Gasteiger partial charge on any atom is -0.478 e. The first kappa shape index (κ1) is 14.8. The van der Waals surface area contributed by atoms with Crippen LogP contribution in [-0.2, 0) is 6.54 Å². The molecule has 0 saturated heterocycles. The molecule has 1 unspecified atom stereocenters. The number of rotatable bonds is 7. The van der Waals surface area contributed by atoms with E-state index in [4.69, 9.17) is 9.52 Å². The van der Waals surface area contributed by atoms with Gasteiger partial charge in [-0.2, -0.15) is 0 Å². The van der Waals surface area contributed by atoms with Crippen molar-refractivity contribution in [2.75, 3.05) is 13.1 Å². The average Bonchev–Trinajstić information content (AvgIpc) is 2.69. The Morgan fingerprint density at radius 3 is 2.61 bits per heavy atom. The molecule has 102 valence electrons. The Bertz CT molecular complexity index is 398. The van der Waals surface area contributed by atoms with Crippen LogP contribution in [0.1, 0.15) is 49.1 Å². The smallest absolute Gasteiger partial charge is 0.339 e.